The van der Waals surface area contributed by atoms with Crippen LogP contribution in [0.2, 0.25) is 0 Å². The third kappa shape index (κ3) is 3.77. The lowest BCUT2D eigenvalue weighted by Crippen LogP contribution is -2.10. The van der Waals surface area contributed by atoms with Crippen molar-refractivity contribution >= 4 is 17.2 Å². The van der Waals surface area contributed by atoms with Crippen molar-refractivity contribution in [3.8, 4) is 11.3 Å². The van der Waals surface area contributed by atoms with Crippen molar-refractivity contribution in [3.05, 3.63) is 54.9 Å². The zero-order chi connectivity index (χ0) is 16.1. The Morgan fingerprint density at radius 1 is 1.13 bits per heavy atom. The van der Waals surface area contributed by atoms with Gasteiger partial charge in [0.05, 0.1) is 5.69 Å². The van der Waals surface area contributed by atoms with Gasteiger partial charge >= 0.3 is 0 Å². The van der Waals surface area contributed by atoms with E-state index < -0.39 is 0 Å². The van der Waals surface area contributed by atoms with Crippen LogP contribution in [0.1, 0.15) is 32.6 Å². The molecule has 0 bridgehead atoms. The summed E-state index contributed by atoms with van der Waals surface area (Å²) in [4.78, 5) is 16.4. The van der Waals surface area contributed by atoms with Crippen molar-refractivity contribution in [1.29, 1.82) is 0 Å². The number of nitrogens with zero attached hydrogens (tertiary/aromatic N) is 2. The predicted molar refractivity (Wildman–Crippen MR) is 93.4 cm³/mol. The van der Waals surface area contributed by atoms with Crippen LogP contribution in [0.4, 0.5) is 5.69 Å². The van der Waals surface area contributed by atoms with E-state index in [-0.39, 0.29) is 5.91 Å². The molecule has 3 aromatic rings. The van der Waals surface area contributed by atoms with Crippen LogP contribution >= 0.6 is 0 Å². The summed E-state index contributed by atoms with van der Waals surface area (Å²) in [7, 11) is 0. The lowest BCUT2D eigenvalue weighted by Gasteiger charge is -2.05. The molecule has 3 rings (SSSR count). The quantitative estimate of drug-likeness (QED) is 0.681. The molecule has 4 nitrogen and oxygen atoms in total. The van der Waals surface area contributed by atoms with E-state index in [2.05, 4.69) is 17.2 Å². The van der Waals surface area contributed by atoms with Gasteiger partial charge in [-0.25, -0.2) is 4.98 Å². The van der Waals surface area contributed by atoms with Crippen LogP contribution in [0.15, 0.2) is 54.9 Å². The highest BCUT2D eigenvalue weighted by Gasteiger charge is 2.05. The molecule has 0 radical (unpaired) electrons. The number of unbranched alkanes of at least 4 members (excludes halogenated alkanes) is 2. The molecule has 0 atom stereocenters. The Hall–Kier alpha value is -2.62. The summed E-state index contributed by atoms with van der Waals surface area (Å²) in [6.45, 7) is 2.13. The van der Waals surface area contributed by atoms with Crippen molar-refractivity contribution in [2.45, 2.75) is 32.6 Å². The number of imidazole rings is 1. The Kier molecular flexibility index (Phi) is 4.71. The molecule has 2 heterocycles. The van der Waals surface area contributed by atoms with E-state index in [1.54, 1.807) is 0 Å². The molecule has 2 aromatic heterocycles. The minimum atomic E-state index is 0.0823. The van der Waals surface area contributed by atoms with Crippen LogP contribution < -0.4 is 5.32 Å². The number of benzene rings is 1. The minimum Gasteiger partial charge on any atom is -0.326 e. The zero-order valence-corrected chi connectivity index (χ0v) is 13.3. The van der Waals surface area contributed by atoms with Crippen molar-refractivity contribution in [2.24, 2.45) is 0 Å². The summed E-state index contributed by atoms with van der Waals surface area (Å²) in [6.07, 6.45) is 7.75. The first-order valence-corrected chi connectivity index (χ1v) is 8.10. The average Bonchev–Trinajstić information content (AvgIpc) is 3.00. The lowest BCUT2D eigenvalue weighted by molar-refractivity contribution is -0.116. The van der Waals surface area contributed by atoms with E-state index in [1.807, 2.05) is 59.3 Å². The average molecular weight is 307 g/mol. The monoisotopic (exact) mass is 307 g/mol. The van der Waals surface area contributed by atoms with E-state index in [0.29, 0.717) is 6.42 Å². The first-order valence-electron chi connectivity index (χ1n) is 8.10. The topological polar surface area (TPSA) is 46.4 Å². The molecule has 0 saturated carbocycles. The number of rotatable bonds is 6. The molecule has 1 N–H and O–H groups in total. The molecule has 23 heavy (non-hydrogen) atoms. The molecular weight excluding hydrogens is 286 g/mol. The molecule has 0 spiro atoms. The van der Waals surface area contributed by atoms with Gasteiger partial charge in [-0.15, -0.1) is 0 Å². The second-order valence-electron chi connectivity index (χ2n) is 5.67. The molecule has 1 aromatic carbocycles. The standard InChI is InChI=1S/C19H21N3O/c1-2-3-4-8-19(23)20-16-11-9-15(10-12-16)17-14-22-13-6-5-7-18(22)21-17/h5-7,9-14H,2-4,8H2,1H3,(H,20,23). The summed E-state index contributed by atoms with van der Waals surface area (Å²) in [5.74, 6) is 0.0823. The number of hydrogen-bond acceptors (Lipinski definition) is 2. The molecule has 0 aliphatic heterocycles. The highest BCUT2D eigenvalue weighted by Crippen LogP contribution is 2.21. The van der Waals surface area contributed by atoms with Gasteiger partial charge in [-0.1, -0.05) is 38.0 Å². The predicted octanol–water partition coefficient (Wildman–Crippen LogP) is 4.52. The molecule has 0 aliphatic carbocycles. The van der Waals surface area contributed by atoms with E-state index >= 15 is 0 Å². The van der Waals surface area contributed by atoms with E-state index in [4.69, 9.17) is 0 Å². The Labute approximate surface area is 136 Å². The van der Waals surface area contributed by atoms with Crippen molar-refractivity contribution in [3.63, 3.8) is 0 Å². The van der Waals surface area contributed by atoms with Crippen LogP contribution in [0, 0.1) is 0 Å². The lowest BCUT2D eigenvalue weighted by atomic mass is 10.1. The Morgan fingerprint density at radius 3 is 2.70 bits per heavy atom. The third-order valence-corrected chi connectivity index (χ3v) is 3.84. The fourth-order valence-electron chi connectivity index (χ4n) is 2.56. The van der Waals surface area contributed by atoms with Gasteiger partial charge in [-0.05, 0) is 30.7 Å². The van der Waals surface area contributed by atoms with Crippen LogP contribution in [0.3, 0.4) is 0 Å². The van der Waals surface area contributed by atoms with Crippen molar-refractivity contribution in [2.75, 3.05) is 5.32 Å². The molecule has 0 fully saturated rings. The number of aromatic nitrogens is 2. The Morgan fingerprint density at radius 2 is 1.96 bits per heavy atom. The summed E-state index contributed by atoms with van der Waals surface area (Å²) in [5.41, 5.74) is 3.73. The number of carbonyl (C=O) groups is 1. The highest BCUT2D eigenvalue weighted by molar-refractivity contribution is 5.90. The minimum absolute atomic E-state index is 0.0823. The maximum atomic E-state index is 11.8. The number of fused-ring (bicyclic) bond motifs is 1. The van der Waals surface area contributed by atoms with Crippen LogP contribution in [-0.4, -0.2) is 15.3 Å². The van der Waals surface area contributed by atoms with E-state index in [0.717, 1.165) is 41.9 Å². The SMILES string of the molecule is CCCCCC(=O)Nc1ccc(-c2cn3ccccc3n2)cc1. The van der Waals surface area contributed by atoms with E-state index in [9.17, 15) is 4.79 Å². The smallest absolute Gasteiger partial charge is 0.224 e. The van der Waals surface area contributed by atoms with Crippen LogP contribution in [0.5, 0.6) is 0 Å². The maximum Gasteiger partial charge on any atom is 0.224 e. The fourth-order valence-corrected chi connectivity index (χ4v) is 2.56. The highest BCUT2D eigenvalue weighted by atomic mass is 16.1. The van der Waals surface area contributed by atoms with Gasteiger partial charge in [0.1, 0.15) is 5.65 Å². The number of hydrogen-bond donors (Lipinski definition) is 1. The number of nitrogens with one attached hydrogen (secondary N) is 1. The molecular formula is C19H21N3O. The zero-order valence-electron chi connectivity index (χ0n) is 13.3. The maximum absolute atomic E-state index is 11.8. The van der Waals surface area contributed by atoms with E-state index in [1.165, 1.54) is 0 Å². The summed E-state index contributed by atoms with van der Waals surface area (Å²) in [6, 6.07) is 13.8. The summed E-state index contributed by atoms with van der Waals surface area (Å²) in [5, 5.41) is 2.94. The van der Waals surface area contributed by atoms with Gasteiger partial charge in [0.15, 0.2) is 0 Å². The van der Waals surface area contributed by atoms with Gasteiger partial charge in [0.2, 0.25) is 5.91 Å². The number of pyridine rings is 1. The van der Waals surface area contributed by atoms with Crippen molar-refractivity contribution in [1.82, 2.24) is 9.38 Å². The molecule has 1 amide bonds. The number of carbonyl (C=O) groups excluding carboxylic acids is 1. The molecule has 0 unspecified atom stereocenters. The first-order chi connectivity index (χ1) is 11.3. The van der Waals surface area contributed by atoms with Crippen molar-refractivity contribution < 1.29 is 4.79 Å². The largest absolute Gasteiger partial charge is 0.326 e. The summed E-state index contributed by atoms with van der Waals surface area (Å²) < 4.78 is 2.00. The van der Waals surface area contributed by atoms with Gasteiger partial charge < -0.3 is 9.72 Å². The van der Waals surface area contributed by atoms with Gasteiger partial charge in [0, 0.05) is 30.1 Å². The van der Waals surface area contributed by atoms with Crippen LogP contribution in [0.25, 0.3) is 16.9 Å². The Bertz CT molecular complexity index is 757. The second kappa shape index (κ2) is 7.09. The first kappa shape index (κ1) is 15.3. The van der Waals surface area contributed by atoms with Gasteiger partial charge in [0.25, 0.3) is 0 Å². The fraction of sp³-hybridized carbons (Fsp3) is 0.263. The van der Waals surface area contributed by atoms with Gasteiger partial charge in [-0.3, -0.25) is 4.79 Å². The molecule has 0 saturated heterocycles. The van der Waals surface area contributed by atoms with Crippen LogP contribution in [-0.2, 0) is 4.79 Å². The summed E-state index contributed by atoms with van der Waals surface area (Å²) >= 11 is 0. The van der Waals surface area contributed by atoms with Gasteiger partial charge in [-0.2, -0.15) is 0 Å². The third-order valence-electron chi connectivity index (χ3n) is 3.84. The molecule has 118 valence electrons. The Balaban J connectivity index is 1.68. The molecule has 4 heteroatoms. The normalized spacial score (nSPS) is 10.8. The molecule has 0 aliphatic rings. The number of amides is 1. The second-order valence-corrected chi connectivity index (χ2v) is 5.67. The number of anilines is 1.